The highest BCUT2D eigenvalue weighted by Gasteiger charge is 2.44. The van der Waals surface area contributed by atoms with E-state index in [2.05, 4.69) is 102 Å². The van der Waals surface area contributed by atoms with Crippen molar-refractivity contribution in [1.82, 2.24) is 4.90 Å². The van der Waals surface area contributed by atoms with Crippen molar-refractivity contribution in [2.75, 3.05) is 6.54 Å². The molecule has 2 aliphatic heterocycles. The van der Waals surface area contributed by atoms with Crippen molar-refractivity contribution in [3.63, 3.8) is 0 Å². The quantitative estimate of drug-likeness (QED) is 0.535. The van der Waals surface area contributed by atoms with E-state index in [1.165, 1.54) is 34.0 Å². The Hall–Kier alpha value is -2.78. The zero-order valence-electron chi connectivity index (χ0n) is 16.2. The van der Waals surface area contributed by atoms with E-state index in [-0.39, 0.29) is 0 Å². The highest BCUT2D eigenvalue weighted by Crippen LogP contribution is 2.47. The van der Waals surface area contributed by atoms with Crippen LogP contribution >= 0.6 is 11.8 Å². The molecule has 2 aliphatic rings. The van der Waals surface area contributed by atoms with Crippen LogP contribution in [0.15, 0.2) is 103 Å². The summed E-state index contributed by atoms with van der Waals surface area (Å²) in [4.78, 5) is 14.5. The van der Waals surface area contributed by atoms with Gasteiger partial charge in [0.15, 0.2) is 5.12 Å². The number of carbonyl (C=O) groups is 1. The average Bonchev–Trinajstić information content (AvgIpc) is 3.16. The van der Waals surface area contributed by atoms with E-state index in [4.69, 9.17) is 0 Å². The van der Waals surface area contributed by atoms with E-state index in [0.717, 1.165) is 13.0 Å². The lowest BCUT2D eigenvalue weighted by Crippen LogP contribution is -2.47. The van der Waals surface area contributed by atoms with E-state index in [1.807, 2.05) is 0 Å². The minimum atomic E-state index is -0.432. The molecule has 0 aromatic heterocycles. The van der Waals surface area contributed by atoms with E-state index in [1.54, 1.807) is 0 Å². The Labute approximate surface area is 176 Å². The molecule has 0 saturated carbocycles. The zero-order valence-corrected chi connectivity index (χ0v) is 17.0. The molecule has 0 amide bonds. The standard InChI is InChI=1S/C26H23NOS/c28-25-18-20-19-27(17-16-24(20)29-25)26(21-10-4-1-5-11-21,22-12-6-2-7-13-22)23-14-8-3-9-15-23/h1-15,19,24H,16-18H2/t24-/m1/s1. The normalized spacial score (nSPS) is 19.0. The first-order chi connectivity index (χ1) is 14.3. The molecule has 2 heterocycles. The molecule has 0 N–H and O–H groups in total. The van der Waals surface area contributed by atoms with Crippen molar-refractivity contribution in [2.45, 2.75) is 23.6 Å². The molecular weight excluding hydrogens is 374 g/mol. The maximum Gasteiger partial charge on any atom is 0.193 e. The largest absolute Gasteiger partial charge is 0.360 e. The van der Waals surface area contributed by atoms with Gasteiger partial charge in [0.1, 0.15) is 5.54 Å². The van der Waals surface area contributed by atoms with E-state index in [9.17, 15) is 4.79 Å². The number of carbonyl (C=O) groups excluding carboxylic acids is 1. The van der Waals surface area contributed by atoms with Gasteiger partial charge in [0.2, 0.25) is 0 Å². The van der Waals surface area contributed by atoms with Gasteiger partial charge in [0.05, 0.1) is 0 Å². The van der Waals surface area contributed by atoms with Gasteiger partial charge in [-0.1, -0.05) is 103 Å². The Morgan fingerprint density at radius 1 is 0.759 bits per heavy atom. The van der Waals surface area contributed by atoms with Gasteiger partial charge in [-0.25, -0.2) is 0 Å². The second-order valence-electron chi connectivity index (χ2n) is 7.65. The third kappa shape index (κ3) is 3.10. The van der Waals surface area contributed by atoms with Crippen LogP contribution < -0.4 is 0 Å². The van der Waals surface area contributed by atoms with Gasteiger partial charge in [0.25, 0.3) is 0 Å². The van der Waals surface area contributed by atoms with Gasteiger partial charge in [-0.05, 0) is 28.7 Å². The van der Waals surface area contributed by atoms with Crippen LogP contribution in [0.2, 0.25) is 0 Å². The number of benzene rings is 3. The molecule has 0 unspecified atom stereocenters. The molecule has 0 radical (unpaired) electrons. The molecule has 3 aromatic rings. The number of nitrogens with zero attached hydrogens (tertiary/aromatic N) is 1. The van der Waals surface area contributed by atoms with Gasteiger partial charge in [-0.3, -0.25) is 4.79 Å². The monoisotopic (exact) mass is 397 g/mol. The molecule has 3 aromatic carbocycles. The highest BCUT2D eigenvalue weighted by atomic mass is 32.2. The SMILES string of the molecule is O=C1CC2=CN(C(c3ccccc3)(c3ccccc3)c3ccccc3)CC[C@H]2S1. The predicted octanol–water partition coefficient (Wildman–Crippen LogP) is 5.60. The fraction of sp³-hybridized carbons (Fsp3) is 0.192. The number of rotatable bonds is 4. The molecule has 5 rings (SSSR count). The first kappa shape index (κ1) is 18.3. The third-order valence-electron chi connectivity index (χ3n) is 6.00. The lowest BCUT2D eigenvalue weighted by Gasteiger charge is -2.47. The van der Waals surface area contributed by atoms with Gasteiger partial charge < -0.3 is 4.90 Å². The highest BCUT2D eigenvalue weighted by molar-refractivity contribution is 8.14. The summed E-state index contributed by atoms with van der Waals surface area (Å²) in [5, 5.41) is 0.645. The lowest BCUT2D eigenvalue weighted by atomic mass is 9.75. The van der Waals surface area contributed by atoms with Crippen LogP contribution in [0.1, 0.15) is 29.5 Å². The third-order valence-corrected chi connectivity index (χ3v) is 7.23. The number of hydrogen-bond acceptors (Lipinski definition) is 3. The Balaban J connectivity index is 1.78. The second-order valence-corrected chi connectivity index (χ2v) is 8.91. The first-order valence-corrected chi connectivity index (χ1v) is 11.0. The molecule has 29 heavy (non-hydrogen) atoms. The second kappa shape index (κ2) is 7.57. The molecule has 2 nitrogen and oxygen atoms in total. The molecule has 144 valence electrons. The number of hydrogen-bond donors (Lipinski definition) is 0. The Bertz CT molecular complexity index is 933. The molecule has 1 fully saturated rings. The summed E-state index contributed by atoms with van der Waals surface area (Å²) in [6.45, 7) is 0.910. The fourth-order valence-corrected chi connectivity index (χ4v) is 5.84. The van der Waals surface area contributed by atoms with Gasteiger partial charge in [-0.15, -0.1) is 0 Å². The first-order valence-electron chi connectivity index (χ1n) is 10.1. The topological polar surface area (TPSA) is 20.3 Å². The maximum atomic E-state index is 12.1. The molecule has 0 aliphatic carbocycles. The van der Waals surface area contributed by atoms with Crippen LogP contribution in [-0.4, -0.2) is 21.8 Å². The van der Waals surface area contributed by atoms with E-state index in [0.29, 0.717) is 16.8 Å². The molecule has 1 saturated heterocycles. The summed E-state index contributed by atoms with van der Waals surface area (Å²) in [6, 6.07) is 32.2. The molecule has 1 atom stereocenters. The van der Waals surface area contributed by atoms with Gasteiger partial charge in [0, 0.05) is 24.4 Å². The number of fused-ring (bicyclic) bond motifs is 1. The van der Waals surface area contributed by atoms with Crippen LogP contribution in [0.5, 0.6) is 0 Å². The molecule has 0 spiro atoms. The van der Waals surface area contributed by atoms with Crippen LogP contribution in [0.3, 0.4) is 0 Å². The fourth-order valence-electron chi connectivity index (χ4n) is 4.75. The smallest absolute Gasteiger partial charge is 0.193 e. The van der Waals surface area contributed by atoms with Crippen molar-refractivity contribution < 1.29 is 4.79 Å². The maximum absolute atomic E-state index is 12.1. The van der Waals surface area contributed by atoms with Crippen molar-refractivity contribution in [3.05, 3.63) is 119 Å². The summed E-state index contributed by atoms with van der Waals surface area (Å²) in [5.74, 6) is 0. The number of thioether (sulfide) groups is 1. The zero-order chi connectivity index (χ0) is 19.7. The molecular formula is C26H23NOS. The lowest BCUT2D eigenvalue weighted by molar-refractivity contribution is -0.110. The van der Waals surface area contributed by atoms with E-state index < -0.39 is 5.54 Å². The van der Waals surface area contributed by atoms with Gasteiger partial charge >= 0.3 is 0 Å². The minimum Gasteiger partial charge on any atom is -0.360 e. The summed E-state index contributed by atoms with van der Waals surface area (Å²) in [6.07, 6.45) is 3.84. The predicted molar refractivity (Wildman–Crippen MR) is 120 cm³/mol. The van der Waals surface area contributed by atoms with Crippen molar-refractivity contribution >= 4 is 16.9 Å². The van der Waals surface area contributed by atoms with Crippen LogP contribution in [-0.2, 0) is 10.3 Å². The summed E-state index contributed by atoms with van der Waals surface area (Å²) < 4.78 is 0. The summed E-state index contributed by atoms with van der Waals surface area (Å²) >= 11 is 1.52. The van der Waals surface area contributed by atoms with Gasteiger partial charge in [-0.2, -0.15) is 0 Å². The Kier molecular flexibility index (Phi) is 4.76. The van der Waals surface area contributed by atoms with Crippen molar-refractivity contribution in [2.24, 2.45) is 0 Å². The molecule has 0 bridgehead atoms. The summed E-state index contributed by atoms with van der Waals surface area (Å²) in [5.41, 5.74) is 4.55. The van der Waals surface area contributed by atoms with Crippen molar-refractivity contribution in [1.29, 1.82) is 0 Å². The average molecular weight is 398 g/mol. The van der Waals surface area contributed by atoms with Crippen LogP contribution in [0.4, 0.5) is 0 Å². The Morgan fingerprint density at radius 2 is 1.24 bits per heavy atom. The molecule has 3 heteroatoms. The minimum absolute atomic E-state index is 0.299. The summed E-state index contributed by atoms with van der Waals surface area (Å²) in [7, 11) is 0. The van der Waals surface area contributed by atoms with E-state index >= 15 is 0 Å². The van der Waals surface area contributed by atoms with Crippen LogP contribution in [0, 0.1) is 0 Å². The Morgan fingerprint density at radius 3 is 1.72 bits per heavy atom. The van der Waals surface area contributed by atoms with Crippen LogP contribution in [0.25, 0.3) is 0 Å². The van der Waals surface area contributed by atoms with Crippen molar-refractivity contribution in [3.8, 4) is 0 Å².